The number of rotatable bonds is 5. The van der Waals surface area contributed by atoms with E-state index in [0.29, 0.717) is 27.4 Å². The standard InChI is InChI=1S/C17H17ClF2N2OS/c1-11(12-7-3-4-8-13(12)18)22(2)17(23)21-14-9-5-6-10-15(14)24-16(19)20/h3-11,16H,1-2H3,(H,21,23). The molecule has 0 aromatic heterocycles. The predicted octanol–water partition coefficient (Wildman–Crippen LogP) is 5.88. The van der Waals surface area contributed by atoms with E-state index in [4.69, 9.17) is 11.6 Å². The Morgan fingerprint density at radius 3 is 2.46 bits per heavy atom. The predicted molar refractivity (Wildman–Crippen MR) is 95.0 cm³/mol. The molecule has 0 bridgehead atoms. The summed E-state index contributed by atoms with van der Waals surface area (Å²) in [6, 6.07) is 13.1. The third kappa shape index (κ3) is 4.61. The van der Waals surface area contributed by atoms with E-state index in [9.17, 15) is 13.6 Å². The minimum Gasteiger partial charge on any atom is -0.321 e. The van der Waals surface area contributed by atoms with Gasteiger partial charge in [0.05, 0.1) is 11.7 Å². The Bertz CT molecular complexity index is 714. The fraction of sp³-hybridized carbons (Fsp3) is 0.235. The van der Waals surface area contributed by atoms with Crippen molar-refractivity contribution in [3.63, 3.8) is 0 Å². The highest BCUT2D eigenvalue weighted by Crippen LogP contribution is 2.32. The molecule has 1 atom stereocenters. The highest BCUT2D eigenvalue weighted by atomic mass is 35.5. The maximum Gasteiger partial charge on any atom is 0.322 e. The molecular formula is C17H17ClF2N2OS. The maximum atomic E-state index is 12.6. The minimum atomic E-state index is -2.55. The quantitative estimate of drug-likeness (QED) is 0.666. The summed E-state index contributed by atoms with van der Waals surface area (Å²) in [5.41, 5.74) is 1.16. The Kier molecular flexibility index (Phi) is 6.45. The van der Waals surface area contributed by atoms with Crippen LogP contribution >= 0.6 is 23.4 Å². The van der Waals surface area contributed by atoms with Crippen molar-refractivity contribution in [3.8, 4) is 0 Å². The number of hydrogen-bond donors (Lipinski definition) is 1. The van der Waals surface area contributed by atoms with Gasteiger partial charge in [-0.05, 0) is 30.7 Å². The van der Waals surface area contributed by atoms with Crippen molar-refractivity contribution in [2.75, 3.05) is 12.4 Å². The average molecular weight is 371 g/mol. The fourth-order valence-corrected chi connectivity index (χ4v) is 3.06. The number of anilines is 1. The zero-order valence-corrected chi connectivity index (χ0v) is 14.7. The normalized spacial score (nSPS) is 12.1. The summed E-state index contributed by atoms with van der Waals surface area (Å²) >= 11 is 6.56. The van der Waals surface area contributed by atoms with Gasteiger partial charge in [0.25, 0.3) is 5.76 Å². The molecule has 1 unspecified atom stereocenters. The van der Waals surface area contributed by atoms with Crippen molar-refractivity contribution < 1.29 is 13.6 Å². The van der Waals surface area contributed by atoms with E-state index in [1.165, 1.54) is 4.90 Å². The molecule has 0 heterocycles. The second kappa shape index (κ2) is 8.35. The number of urea groups is 1. The number of amides is 2. The smallest absolute Gasteiger partial charge is 0.321 e. The number of nitrogens with zero attached hydrogens (tertiary/aromatic N) is 1. The van der Waals surface area contributed by atoms with Crippen molar-refractivity contribution in [3.05, 3.63) is 59.1 Å². The van der Waals surface area contributed by atoms with Gasteiger partial charge in [-0.15, -0.1) is 0 Å². The van der Waals surface area contributed by atoms with Crippen molar-refractivity contribution in [1.29, 1.82) is 0 Å². The first-order valence-electron chi connectivity index (χ1n) is 7.22. The van der Waals surface area contributed by atoms with E-state index in [0.717, 1.165) is 5.56 Å². The first kappa shape index (κ1) is 18.5. The first-order valence-corrected chi connectivity index (χ1v) is 8.48. The molecule has 0 aliphatic heterocycles. The number of alkyl halides is 2. The molecule has 2 amide bonds. The number of carbonyl (C=O) groups is 1. The first-order chi connectivity index (χ1) is 11.4. The molecular weight excluding hydrogens is 354 g/mol. The largest absolute Gasteiger partial charge is 0.322 e. The van der Waals surface area contributed by atoms with E-state index in [2.05, 4.69) is 5.32 Å². The van der Waals surface area contributed by atoms with Crippen LogP contribution in [0.2, 0.25) is 5.02 Å². The van der Waals surface area contributed by atoms with Gasteiger partial charge in [-0.3, -0.25) is 0 Å². The topological polar surface area (TPSA) is 32.3 Å². The molecule has 1 N–H and O–H groups in total. The molecule has 0 fully saturated rings. The summed E-state index contributed by atoms with van der Waals surface area (Å²) in [4.78, 5) is 14.2. The molecule has 2 rings (SSSR count). The Hall–Kier alpha value is -1.79. The fourth-order valence-electron chi connectivity index (χ4n) is 2.17. The second-order valence-electron chi connectivity index (χ2n) is 5.11. The number of hydrogen-bond acceptors (Lipinski definition) is 2. The third-order valence-electron chi connectivity index (χ3n) is 3.60. The highest BCUT2D eigenvalue weighted by molar-refractivity contribution is 7.99. The second-order valence-corrected chi connectivity index (χ2v) is 6.55. The number of benzene rings is 2. The van der Waals surface area contributed by atoms with Crippen LogP contribution < -0.4 is 5.32 Å². The summed E-state index contributed by atoms with van der Waals surface area (Å²) in [7, 11) is 1.63. The van der Waals surface area contributed by atoms with Crippen LogP contribution in [0.25, 0.3) is 0 Å². The average Bonchev–Trinajstić information content (AvgIpc) is 2.55. The third-order valence-corrected chi connectivity index (χ3v) is 4.73. The van der Waals surface area contributed by atoms with E-state index in [-0.39, 0.29) is 6.04 Å². The van der Waals surface area contributed by atoms with Crippen molar-refractivity contribution in [2.24, 2.45) is 0 Å². The SMILES string of the molecule is CC(c1ccccc1Cl)N(C)C(=O)Nc1ccccc1SC(F)F. The molecule has 0 spiro atoms. The molecule has 2 aromatic rings. The molecule has 0 saturated carbocycles. The lowest BCUT2D eigenvalue weighted by molar-refractivity contribution is 0.208. The van der Waals surface area contributed by atoms with Crippen LogP contribution in [0.3, 0.4) is 0 Å². The van der Waals surface area contributed by atoms with Gasteiger partial charge in [0.2, 0.25) is 0 Å². The zero-order valence-electron chi connectivity index (χ0n) is 13.2. The number of carbonyl (C=O) groups excluding carboxylic acids is 1. The molecule has 3 nitrogen and oxygen atoms in total. The number of nitrogens with one attached hydrogen (secondary N) is 1. The highest BCUT2D eigenvalue weighted by Gasteiger charge is 2.20. The zero-order chi connectivity index (χ0) is 17.7. The van der Waals surface area contributed by atoms with Gasteiger partial charge in [-0.2, -0.15) is 8.78 Å². The van der Waals surface area contributed by atoms with Gasteiger partial charge in [-0.25, -0.2) is 4.79 Å². The summed E-state index contributed by atoms with van der Waals surface area (Å²) in [5.74, 6) is -2.55. The Labute approximate surface area is 149 Å². The van der Waals surface area contributed by atoms with E-state index < -0.39 is 11.8 Å². The summed E-state index contributed by atoms with van der Waals surface area (Å²) in [5, 5.41) is 3.24. The summed E-state index contributed by atoms with van der Waals surface area (Å²) in [6.45, 7) is 1.85. The van der Waals surface area contributed by atoms with E-state index >= 15 is 0 Å². The lowest BCUT2D eigenvalue weighted by Crippen LogP contribution is -2.33. The van der Waals surface area contributed by atoms with E-state index in [1.807, 2.05) is 25.1 Å². The minimum absolute atomic E-state index is 0.270. The Balaban J connectivity index is 2.14. The molecule has 0 saturated heterocycles. The number of para-hydroxylation sites is 1. The molecule has 0 radical (unpaired) electrons. The van der Waals surface area contributed by atoms with Crippen LogP contribution in [0, 0.1) is 0 Å². The van der Waals surface area contributed by atoms with Gasteiger partial charge >= 0.3 is 6.03 Å². The van der Waals surface area contributed by atoms with Crippen LogP contribution in [-0.4, -0.2) is 23.7 Å². The van der Waals surface area contributed by atoms with Gasteiger partial charge in [0, 0.05) is 17.0 Å². The number of thioether (sulfide) groups is 1. The monoisotopic (exact) mass is 370 g/mol. The van der Waals surface area contributed by atoms with Crippen LogP contribution in [0.1, 0.15) is 18.5 Å². The summed E-state index contributed by atoms with van der Waals surface area (Å²) < 4.78 is 25.2. The van der Waals surface area contributed by atoms with Gasteiger partial charge in [0.1, 0.15) is 0 Å². The van der Waals surface area contributed by atoms with Gasteiger partial charge in [0.15, 0.2) is 0 Å². The summed E-state index contributed by atoms with van der Waals surface area (Å²) in [6.07, 6.45) is 0. The Morgan fingerprint density at radius 2 is 1.79 bits per heavy atom. The molecule has 2 aromatic carbocycles. The van der Waals surface area contributed by atoms with Gasteiger partial charge < -0.3 is 10.2 Å². The Morgan fingerprint density at radius 1 is 1.17 bits per heavy atom. The van der Waals surface area contributed by atoms with Gasteiger partial charge in [-0.1, -0.05) is 53.7 Å². The molecule has 0 aliphatic carbocycles. The number of halogens is 3. The molecule has 0 aliphatic rings. The lowest BCUT2D eigenvalue weighted by Gasteiger charge is -2.26. The van der Waals surface area contributed by atoms with Crippen molar-refractivity contribution in [2.45, 2.75) is 23.6 Å². The van der Waals surface area contributed by atoms with E-state index in [1.54, 1.807) is 37.4 Å². The van der Waals surface area contributed by atoms with Crippen LogP contribution in [0.4, 0.5) is 19.3 Å². The maximum absolute atomic E-state index is 12.6. The van der Waals surface area contributed by atoms with Crippen LogP contribution in [0.15, 0.2) is 53.4 Å². The molecule has 128 valence electrons. The van der Waals surface area contributed by atoms with Crippen molar-refractivity contribution >= 4 is 35.1 Å². The van der Waals surface area contributed by atoms with Crippen LogP contribution in [0.5, 0.6) is 0 Å². The lowest BCUT2D eigenvalue weighted by atomic mass is 10.1. The van der Waals surface area contributed by atoms with Crippen molar-refractivity contribution in [1.82, 2.24) is 4.90 Å². The van der Waals surface area contributed by atoms with Crippen LogP contribution in [-0.2, 0) is 0 Å². The molecule has 24 heavy (non-hydrogen) atoms. The molecule has 7 heteroatoms.